The van der Waals surface area contributed by atoms with E-state index in [2.05, 4.69) is 0 Å². The van der Waals surface area contributed by atoms with Crippen LogP contribution in [0.1, 0.15) is 34.1 Å². The third-order valence-corrected chi connectivity index (χ3v) is 1.53. The number of carbonyl (C=O) groups is 3. The molecular formula is C9H16O4. The van der Waals surface area contributed by atoms with Gasteiger partial charge in [-0.25, -0.2) is 0 Å². The van der Waals surface area contributed by atoms with Gasteiger partial charge in [-0.15, -0.1) is 0 Å². The molecule has 0 amide bonds. The minimum Gasteiger partial charge on any atom is -0.481 e. The maximum Gasteiger partial charge on any atom is 0.306 e. The predicted octanol–water partition coefficient (Wildman–Crippen LogP) is 1.28. The van der Waals surface area contributed by atoms with E-state index in [1.165, 1.54) is 13.8 Å². The number of Topliss-reactive ketones (excluding diaryl/α,β-unsaturated/α-hetero) is 2. The minimum absolute atomic E-state index is 0.181. The summed E-state index contributed by atoms with van der Waals surface area (Å²) in [5.41, 5.74) is 0. The van der Waals surface area contributed by atoms with Gasteiger partial charge in [0.2, 0.25) is 0 Å². The van der Waals surface area contributed by atoms with E-state index >= 15 is 0 Å². The van der Waals surface area contributed by atoms with Crippen LogP contribution in [0.5, 0.6) is 0 Å². The lowest BCUT2D eigenvalue weighted by molar-refractivity contribution is -0.141. The normalized spacial score (nSPS) is 10.8. The second-order valence-electron chi connectivity index (χ2n) is 2.76. The van der Waals surface area contributed by atoms with Gasteiger partial charge < -0.3 is 5.11 Å². The second-order valence-corrected chi connectivity index (χ2v) is 2.76. The van der Waals surface area contributed by atoms with Crippen molar-refractivity contribution in [1.82, 2.24) is 0 Å². The van der Waals surface area contributed by atoms with Crippen LogP contribution in [0.25, 0.3) is 0 Å². The number of hydrogen-bond donors (Lipinski definition) is 1. The fourth-order valence-corrected chi connectivity index (χ4v) is 0.175. The molecular weight excluding hydrogens is 172 g/mol. The van der Waals surface area contributed by atoms with Crippen LogP contribution in [-0.4, -0.2) is 22.6 Å². The van der Waals surface area contributed by atoms with Gasteiger partial charge in [-0.3, -0.25) is 14.4 Å². The van der Waals surface area contributed by atoms with E-state index < -0.39 is 5.97 Å². The zero-order valence-corrected chi connectivity index (χ0v) is 8.46. The van der Waals surface area contributed by atoms with Gasteiger partial charge in [0, 0.05) is 13.8 Å². The van der Waals surface area contributed by atoms with Crippen LogP contribution in [-0.2, 0) is 14.4 Å². The maximum absolute atomic E-state index is 9.93. The Bertz CT molecular complexity index is 184. The van der Waals surface area contributed by atoms with E-state index in [0.29, 0.717) is 0 Å². The summed E-state index contributed by atoms with van der Waals surface area (Å²) in [7, 11) is 0. The van der Waals surface area contributed by atoms with Crippen molar-refractivity contribution in [1.29, 1.82) is 0 Å². The zero-order chi connectivity index (χ0) is 11.0. The smallest absolute Gasteiger partial charge is 0.306 e. The van der Waals surface area contributed by atoms with Crippen LogP contribution in [0.4, 0.5) is 0 Å². The lowest BCUT2D eigenvalue weighted by Crippen LogP contribution is -2.06. The molecule has 4 heteroatoms. The molecule has 0 aromatic rings. The average Bonchev–Trinajstić information content (AvgIpc) is 2.03. The van der Waals surface area contributed by atoms with Crippen LogP contribution in [0.3, 0.4) is 0 Å². The first-order valence-corrected chi connectivity index (χ1v) is 4.07. The van der Waals surface area contributed by atoms with Gasteiger partial charge in [0.05, 0.1) is 5.92 Å². The molecule has 0 saturated heterocycles. The summed E-state index contributed by atoms with van der Waals surface area (Å²) in [5, 5.41) is 8.18. The molecule has 0 aromatic carbocycles. The Labute approximate surface area is 77.9 Å². The Morgan fingerprint density at radius 2 is 1.46 bits per heavy atom. The first kappa shape index (κ1) is 14.3. The van der Waals surface area contributed by atoms with Crippen LogP contribution in [0, 0.1) is 5.92 Å². The Kier molecular flexibility index (Phi) is 8.23. The highest BCUT2D eigenvalue weighted by atomic mass is 16.4. The molecule has 1 N–H and O–H groups in total. The Balaban J connectivity index is 0. The quantitative estimate of drug-likeness (QED) is 0.677. The van der Waals surface area contributed by atoms with Crippen molar-refractivity contribution >= 4 is 17.5 Å². The Morgan fingerprint density at radius 1 is 1.15 bits per heavy atom. The fraction of sp³-hybridized carbons (Fsp3) is 0.667. The summed E-state index contributed by atoms with van der Waals surface area (Å²) in [5.74, 6) is -1.65. The number of aliphatic carboxylic acids is 1. The number of hydrogen-bond acceptors (Lipinski definition) is 3. The van der Waals surface area contributed by atoms with E-state index in [4.69, 9.17) is 5.11 Å². The molecule has 0 heterocycles. The minimum atomic E-state index is -0.706. The van der Waals surface area contributed by atoms with Crippen molar-refractivity contribution in [2.24, 2.45) is 5.92 Å². The van der Waals surface area contributed by atoms with Gasteiger partial charge in [-0.1, -0.05) is 13.8 Å². The fourth-order valence-electron chi connectivity index (χ4n) is 0.175. The highest BCUT2D eigenvalue weighted by Gasteiger charge is 2.05. The average molecular weight is 188 g/mol. The molecule has 0 spiro atoms. The van der Waals surface area contributed by atoms with Crippen molar-refractivity contribution in [2.45, 2.75) is 34.1 Å². The van der Waals surface area contributed by atoms with Crippen molar-refractivity contribution in [3.8, 4) is 0 Å². The first-order chi connectivity index (χ1) is 5.82. The monoisotopic (exact) mass is 188 g/mol. The summed E-state index contributed by atoms with van der Waals surface area (Å²) in [4.78, 5) is 29.5. The molecule has 0 aliphatic rings. The van der Waals surface area contributed by atoms with Gasteiger partial charge in [0.1, 0.15) is 0 Å². The second kappa shape index (κ2) is 7.46. The number of carbonyl (C=O) groups excluding carboxylic acids is 2. The van der Waals surface area contributed by atoms with Gasteiger partial charge in [0.15, 0.2) is 11.6 Å². The SMILES string of the molecule is CC(=O)C(C)=O.CCC(C)C(=O)O. The standard InChI is InChI=1S/C5H10O2.C4H6O2/c1-3-4(2)5(6)7;1-3(5)4(2)6/h4H,3H2,1-2H3,(H,6,7);1-2H3. The zero-order valence-electron chi connectivity index (χ0n) is 8.46. The maximum atomic E-state index is 9.93. The molecule has 0 aliphatic carbocycles. The molecule has 0 bridgehead atoms. The Morgan fingerprint density at radius 3 is 1.46 bits per heavy atom. The van der Waals surface area contributed by atoms with Gasteiger partial charge in [-0.2, -0.15) is 0 Å². The van der Waals surface area contributed by atoms with Crippen molar-refractivity contribution in [3.63, 3.8) is 0 Å². The first-order valence-electron chi connectivity index (χ1n) is 4.07. The van der Waals surface area contributed by atoms with E-state index in [1.54, 1.807) is 6.92 Å². The van der Waals surface area contributed by atoms with E-state index in [-0.39, 0.29) is 17.5 Å². The molecule has 0 radical (unpaired) electrons. The number of ketones is 2. The summed E-state index contributed by atoms with van der Waals surface area (Å²) in [6.07, 6.45) is 0.718. The molecule has 1 atom stereocenters. The number of carboxylic acids is 1. The van der Waals surface area contributed by atoms with Gasteiger partial charge in [0.25, 0.3) is 0 Å². The molecule has 0 aliphatic heterocycles. The van der Waals surface area contributed by atoms with Crippen LogP contribution >= 0.6 is 0 Å². The summed E-state index contributed by atoms with van der Waals surface area (Å²) >= 11 is 0. The largest absolute Gasteiger partial charge is 0.481 e. The summed E-state index contributed by atoms with van der Waals surface area (Å²) < 4.78 is 0. The van der Waals surface area contributed by atoms with Gasteiger partial charge in [-0.05, 0) is 6.42 Å². The van der Waals surface area contributed by atoms with Crippen molar-refractivity contribution in [3.05, 3.63) is 0 Å². The van der Waals surface area contributed by atoms with Crippen molar-refractivity contribution in [2.75, 3.05) is 0 Å². The molecule has 76 valence electrons. The van der Waals surface area contributed by atoms with Crippen LogP contribution < -0.4 is 0 Å². The van der Waals surface area contributed by atoms with E-state index in [0.717, 1.165) is 6.42 Å². The molecule has 4 nitrogen and oxygen atoms in total. The van der Waals surface area contributed by atoms with Crippen molar-refractivity contribution < 1.29 is 19.5 Å². The number of carboxylic acid groups (broad SMARTS) is 1. The van der Waals surface area contributed by atoms with E-state index in [9.17, 15) is 14.4 Å². The molecule has 0 rings (SSSR count). The lowest BCUT2D eigenvalue weighted by atomic mass is 10.1. The third-order valence-electron chi connectivity index (χ3n) is 1.53. The lowest BCUT2D eigenvalue weighted by Gasteiger charge is -1.96. The van der Waals surface area contributed by atoms with Gasteiger partial charge >= 0.3 is 5.97 Å². The third kappa shape index (κ3) is 10.8. The number of rotatable bonds is 3. The molecule has 13 heavy (non-hydrogen) atoms. The van der Waals surface area contributed by atoms with Crippen LogP contribution in [0.15, 0.2) is 0 Å². The Hall–Kier alpha value is -1.19. The van der Waals surface area contributed by atoms with Crippen LogP contribution in [0.2, 0.25) is 0 Å². The highest BCUT2D eigenvalue weighted by Crippen LogP contribution is 1.97. The molecule has 0 saturated carbocycles. The van der Waals surface area contributed by atoms with E-state index in [1.807, 2.05) is 6.92 Å². The summed E-state index contributed by atoms with van der Waals surface area (Å²) in [6, 6.07) is 0. The topological polar surface area (TPSA) is 71.4 Å². The highest BCUT2D eigenvalue weighted by molar-refractivity contribution is 6.35. The predicted molar refractivity (Wildman–Crippen MR) is 48.5 cm³/mol. The molecule has 1 unspecified atom stereocenters. The summed E-state index contributed by atoms with van der Waals surface area (Å²) in [6.45, 7) is 6.06. The molecule has 0 aromatic heterocycles. The molecule has 0 fully saturated rings.